The van der Waals surface area contributed by atoms with E-state index in [9.17, 15) is 58.8 Å². The third-order valence-electron chi connectivity index (χ3n) is 15.6. The number of aliphatic carboxylic acids is 1. The molecule has 16 N–H and O–H groups in total. The summed E-state index contributed by atoms with van der Waals surface area (Å²) in [7, 11) is 1.75. The fourth-order valence-electron chi connectivity index (χ4n) is 10.0. The van der Waals surface area contributed by atoms with Crippen molar-refractivity contribution >= 4 is 91.6 Å². The number of ether oxygens (including phenoxy) is 6. The average molecular weight is 1460 g/mol. The zero-order valence-electron chi connectivity index (χ0n) is 57.3. The van der Waals surface area contributed by atoms with Crippen molar-refractivity contribution in [2.45, 2.75) is 132 Å². The molecule has 0 unspecified atom stereocenters. The molecular formula is C69H97N11O20S2. The Morgan fingerprint density at radius 3 is 1.80 bits per heavy atom. The van der Waals surface area contributed by atoms with E-state index in [-0.39, 0.29) is 102 Å². The predicted octanol–water partition coefficient (Wildman–Crippen LogP) is -0.831. The highest BCUT2D eigenvalue weighted by molar-refractivity contribution is 8.76. The van der Waals surface area contributed by atoms with Gasteiger partial charge in [-0.3, -0.25) is 43.2 Å². The number of unbranched alkanes of at least 4 members (excludes halogenated alkanes) is 1. The first kappa shape index (κ1) is 84.3. The number of H-pyrrole nitrogens is 1. The number of aliphatic hydroxyl groups is 2. The minimum absolute atomic E-state index is 0.0594. The number of phenolic OH excluding ortho intramolecular Hbond substituents is 1. The van der Waals surface area contributed by atoms with Crippen LogP contribution < -0.4 is 53.6 Å². The van der Waals surface area contributed by atoms with Gasteiger partial charge in [0.25, 0.3) is 0 Å². The molecule has 3 aromatic carbocycles. The summed E-state index contributed by atoms with van der Waals surface area (Å²) in [6.07, 6.45) is 4.08. The number of carbonyl (C=O) groups is 10. The molecule has 1 fully saturated rings. The van der Waals surface area contributed by atoms with E-state index >= 15 is 9.59 Å². The minimum Gasteiger partial charge on any atom is -0.508 e. The highest BCUT2D eigenvalue weighted by Gasteiger charge is 2.38. The maximum atomic E-state index is 15.1. The number of carboxylic acids is 1. The third kappa shape index (κ3) is 31.9. The monoisotopic (exact) mass is 1460 g/mol. The largest absolute Gasteiger partial charge is 0.508 e. The molecule has 2 heterocycles. The van der Waals surface area contributed by atoms with Crippen LogP contribution in [-0.2, 0) is 95.6 Å². The molecule has 9 amide bonds. The molecule has 4 aromatic rings. The molecule has 0 bridgehead atoms. The van der Waals surface area contributed by atoms with Gasteiger partial charge in [-0.05, 0) is 74.5 Å². The van der Waals surface area contributed by atoms with E-state index < -0.39 is 120 Å². The topological polar surface area (TPSA) is 457 Å². The molecule has 1 aliphatic rings. The molecule has 0 saturated carbocycles. The zero-order valence-corrected chi connectivity index (χ0v) is 59.0. The number of aliphatic hydroxyl groups excluding tert-OH is 2. The Bertz CT molecular complexity index is 3310. The number of aromatic nitrogens is 1. The second-order valence-electron chi connectivity index (χ2n) is 23.7. The molecule has 0 spiro atoms. The van der Waals surface area contributed by atoms with E-state index in [1.807, 2.05) is 0 Å². The standard InChI is InChI=1S/C69H97N11O20S2/c1-4-5-18-58(84)71-25-27-96-29-31-98-33-35-100-37-36-99-34-32-97-30-28-95-26-23-59(85)73-53(38-46-13-7-6-8-14-46)63(87)77-56-42-101-102-43-57(67(91)80-61(45(3)82)69(93)94)78-68(92)60(44(2)81)79-62(86)52(17-11-12-24-70)74-65(89)55(40-48-41-72-51-16-10-9-15-50(48)51)76-64(88)54(75-66(56)90)39-47-19-21-49(83)22-20-47/h1,6-10,13-16,19-22,41,44-45,52-57,60-61,72,81-83H,5,11-12,17-18,23-40,42-43,70H2,2-3H3,(H,71,84)(H,73,85)(H,74,89)(H,75,90)(H,76,88)(H,77,87)(H,78,92)(H,79,86)(H,80,91)(H,93,94)/t44-,45-,52+,53-,54+,55-,56+,57+,60+,61+/m1/s1. The van der Waals surface area contributed by atoms with Crippen molar-refractivity contribution in [2.24, 2.45) is 5.73 Å². The first-order valence-corrected chi connectivity index (χ1v) is 36.1. The van der Waals surface area contributed by atoms with E-state index in [2.05, 4.69) is 58.8 Å². The number of rotatable bonds is 41. The lowest BCUT2D eigenvalue weighted by atomic mass is 10.0. The lowest BCUT2D eigenvalue weighted by Crippen LogP contribution is -2.62. The molecule has 1 saturated heterocycles. The van der Waals surface area contributed by atoms with E-state index in [0.29, 0.717) is 93.2 Å². The van der Waals surface area contributed by atoms with Gasteiger partial charge in [0.15, 0.2) is 6.04 Å². The Labute approximate surface area is 600 Å². The van der Waals surface area contributed by atoms with Crippen molar-refractivity contribution in [3.8, 4) is 18.1 Å². The van der Waals surface area contributed by atoms with Crippen molar-refractivity contribution in [1.29, 1.82) is 0 Å². The summed E-state index contributed by atoms with van der Waals surface area (Å²) in [4.78, 5) is 143. The molecule has 0 aliphatic carbocycles. The van der Waals surface area contributed by atoms with Gasteiger partial charge in [0.1, 0.15) is 48.0 Å². The number of para-hydroxylation sites is 1. The molecule has 560 valence electrons. The fourth-order valence-corrected chi connectivity index (χ4v) is 12.4. The summed E-state index contributed by atoms with van der Waals surface area (Å²) in [5.41, 5.74) is 8.14. The third-order valence-corrected chi connectivity index (χ3v) is 18.0. The molecule has 1 aliphatic heterocycles. The van der Waals surface area contributed by atoms with Crippen molar-refractivity contribution in [2.75, 3.05) is 104 Å². The maximum Gasteiger partial charge on any atom is 0.328 e. The number of carbonyl (C=O) groups excluding carboxylic acids is 9. The number of carboxylic acid groups (broad SMARTS) is 1. The van der Waals surface area contributed by atoms with Crippen molar-refractivity contribution in [3.63, 3.8) is 0 Å². The highest BCUT2D eigenvalue weighted by Crippen LogP contribution is 2.25. The van der Waals surface area contributed by atoms with Crippen LogP contribution in [0.2, 0.25) is 0 Å². The summed E-state index contributed by atoms with van der Waals surface area (Å²) in [6.45, 7) is 6.13. The van der Waals surface area contributed by atoms with Gasteiger partial charge in [-0.1, -0.05) is 82.3 Å². The van der Waals surface area contributed by atoms with Crippen LogP contribution in [0.5, 0.6) is 5.75 Å². The van der Waals surface area contributed by atoms with E-state index in [1.54, 1.807) is 60.8 Å². The number of amides is 9. The first-order valence-electron chi connectivity index (χ1n) is 33.7. The molecule has 1 aromatic heterocycles. The van der Waals surface area contributed by atoms with Gasteiger partial charge >= 0.3 is 5.97 Å². The minimum atomic E-state index is -1.87. The van der Waals surface area contributed by atoms with Crippen LogP contribution in [0.1, 0.15) is 69.1 Å². The SMILES string of the molecule is C#CCCC(=O)NCCOCCOCCOCCOCCOCCOCCC(=O)N[C@H](Cc1ccccc1)C(=O)N[C@H]1CSSC[C@@H](C(=O)N[C@H](C(=O)O)[C@@H](C)O)NC(=O)[C@H]([C@@H](C)O)NC(=O)[C@H](CCCCN)NC(=O)[C@@H](Cc2c[nH]c3ccccc23)NC(=O)[C@H](Cc2ccc(O)cc2)NC1=O. The van der Waals surface area contributed by atoms with E-state index in [0.717, 1.165) is 28.5 Å². The summed E-state index contributed by atoms with van der Waals surface area (Å²) < 4.78 is 33.2. The van der Waals surface area contributed by atoms with Gasteiger partial charge < -0.3 is 107 Å². The summed E-state index contributed by atoms with van der Waals surface area (Å²) >= 11 is 0. The number of benzene rings is 3. The van der Waals surface area contributed by atoms with Gasteiger partial charge in [-0.15, -0.1) is 12.3 Å². The van der Waals surface area contributed by atoms with E-state index in [1.165, 1.54) is 31.2 Å². The number of nitrogens with one attached hydrogen (secondary N) is 10. The Morgan fingerprint density at radius 1 is 0.627 bits per heavy atom. The first-order chi connectivity index (χ1) is 49.2. The molecule has 31 nitrogen and oxygen atoms in total. The lowest BCUT2D eigenvalue weighted by Gasteiger charge is -2.29. The second-order valence-corrected chi connectivity index (χ2v) is 26.2. The number of aromatic hydroxyl groups is 1. The van der Waals surface area contributed by atoms with Crippen molar-refractivity contribution < 1.29 is 96.8 Å². The Balaban J connectivity index is 1.33. The molecule has 5 rings (SSSR count). The van der Waals surface area contributed by atoms with Gasteiger partial charge in [-0.25, -0.2) is 4.79 Å². The predicted molar refractivity (Wildman–Crippen MR) is 379 cm³/mol. The maximum absolute atomic E-state index is 15.1. The van der Waals surface area contributed by atoms with Crippen LogP contribution in [0.25, 0.3) is 10.9 Å². The molecular weight excluding hydrogens is 1370 g/mol. The van der Waals surface area contributed by atoms with Gasteiger partial charge in [0.2, 0.25) is 53.2 Å². The normalized spacial score (nSPS) is 19.2. The van der Waals surface area contributed by atoms with Crippen molar-refractivity contribution in [3.05, 3.63) is 102 Å². The number of aromatic amines is 1. The Hall–Kier alpha value is -8.40. The number of hydrogen-bond donors (Lipinski definition) is 15. The van der Waals surface area contributed by atoms with Gasteiger partial charge in [-0.2, -0.15) is 0 Å². The fraction of sp³-hybridized carbons (Fsp3) is 0.536. The van der Waals surface area contributed by atoms with Crippen LogP contribution in [0, 0.1) is 12.3 Å². The molecule has 10 atom stereocenters. The molecule has 102 heavy (non-hydrogen) atoms. The summed E-state index contributed by atoms with van der Waals surface area (Å²) in [5, 5.41) is 65.8. The smallest absolute Gasteiger partial charge is 0.328 e. The highest BCUT2D eigenvalue weighted by atomic mass is 33.1. The summed E-state index contributed by atoms with van der Waals surface area (Å²) in [5.74, 6) is -7.57. The van der Waals surface area contributed by atoms with Gasteiger partial charge in [0, 0.05) is 73.7 Å². The number of nitrogens with two attached hydrogens (primary N) is 1. The van der Waals surface area contributed by atoms with Crippen molar-refractivity contribution in [1.82, 2.24) is 52.8 Å². The summed E-state index contributed by atoms with van der Waals surface area (Å²) in [6, 6.07) is 8.87. The van der Waals surface area contributed by atoms with Crippen LogP contribution in [0.3, 0.4) is 0 Å². The van der Waals surface area contributed by atoms with Crippen LogP contribution in [0.4, 0.5) is 0 Å². The van der Waals surface area contributed by atoms with E-state index in [4.69, 9.17) is 40.6 Å². The van der Waals surface area contributed by atoms with Crippen LogP contribution in [-0.4, -0.2) is 249 Å². The quantitative estimate of drug-likeness (QED) is 0.0146. The van der Waals surface area contributed by atoms with Gasteiger partial charge in [0.05, 0.1) is 91.5 Å². The lowest BCUT2D eigenvalue weighted by molar-refractivity contribution is -0.145. The Kier molecular flexibility index (Phi) is 39.4. The number of fused-ring (bicyclic) bond motifs is 1. The molecule has 33 heteroatoms. The number of phenols is 1. The number of hydrogen-bond acceptors (Lipinski definition) is 22. The van der Waals surface area contributed by atoms with Crippen LogP contribution >= 0.6 is 21.6 Å². The zero-order chi connectivity index (χ0) is 74.0. The average Bonchev–Trinajstić information content (AvgIpc) is 1.57. The van der Waals surface area contributed by atoms with Crippen LogP contribution in [0.15, 0.2) is 85.1 Å². The molecule has 0 radical (unpaired) electrons. The Morgan fingerprint density at radius 2 is 1.20 bits per heavy atom. The number of terminal acetylenes is 1. The second kappa shape index (κ2) is 47.7.